The molecule has 1 aliphatic rings. The second kappa shape index (κ2) is 6.64. The molecule has 1 saturated heterocycles. The van der Waals surface area contributed by atoms with E-state index in [4.69, 9.17) is 4.42 Å². The number of hydrogen-bond donors (Lipinski definition) is 0. The molecular formula is C15H18N4O4. The van der Waals surface area contributed by atoms with E-state index < -0.39 is 0 Å². The summed E-state index contributed by atoms with van der Waals surface area (Å²) in [5.41, 5.74) is 1.19. The highest BCUT2D eigenvalue weighted by Gasteiger charge is 2.24. The van der Waals surface area contributed by atoms with Gasteiger partial charge in [0.2, 0.25) is 5.91 Å². The second-order valence-corrected chi connectivity index (χ2v) is 5.48. The van der Waals surface area contributed by atoms with Crippen LogP contribution in [0.2, 0.25) is 0 Å². The number of hydrogen-bond acceptors (Lipinski definition) is 6. The van der Waals surface area contributed by atoms with Crippen molar-refractivity contribution in [3.05, 3.63) is 35.5 Å². The summed E-state index contributed by atoms with van der Waals surface area (Å²) < 4.78 is 9.76. The van der Waals surface area contributed by atoms with Gasteiger partial charge in [-0.25, -0.2) is 4.63 Å². The fraction of sp³-hybridized carbons (Fsp3) is 0.467. The Balaban J connectivity index is 1.59. The largest absolute Gasteiger partial charge is 0.459 e. The minimum absolute atomic E-state index is 0.0314. The average Bonchev–Trinajstić information content (AvgIpc) is 3.14. The molecule has 1 aliphatic heterocycles. The fourth-order valence-electron chi connectivity index (χ4n) is 2.59. The van der Waals surface area contributed by atoms with Crippen molar-refractivity contribution in [2.45, 2.75) is 19.8 Å². The summed E-state index contributed by atoms with van der Waals surface area (Å²) in [5.74, 6) is 0.158. The van der Waals surface area contributed by atoms with Crippen molar-refractivity contribution in [1.29, 1.82) is 0 Å². The molecule has 2 aromatic rings. The average molecular weight is 318 g/mol. The van der Waals surface area contributed by atoms with Gasteiger partial charge in [0, 0.05) is 26.2 Å². The number of rotatable bonds is 3. The molecule has 2 amide bonds. The van der Waals surface area contributed by atoms with Crippen LogP contribution in [0.1, 0.15) is 28.4 Å². The predicted molar refractivity (Wildman–Crippen MR) is 78.5 cm³/mol. The van der Waals surface area contributed by atoms with Crippen molar-refractivity contribution < 1.29 is 18.6 Å². The molecule has 23 heavy (non-hydrogen) atoms. The molecule has 0 aromatic carbocycles. The zero-order chi connectivity index (χ0) is 16.2. The number of nitrogens with zero attached hydrogens (tertiary/aromatic N) is 4. The lowest BCUT2D eigenvalue weighted by Gasteiger charge is -2.21. The SMILES string of the molecule is Cc1nonc1CC(=O)N1CCCN(C(=O)c2ccco2)CC1. The summed E-state index contributed by atoms with van der Waals surface area (Å²) in [6.07, 6.45) is 2.38. The van der Waals surface area contributed by atoms with Gasteiger partial charge in [-0.05, 0) is 25.5 Å². The van der Waals surface area contributed by atoms with Gasteiger partial charge in [0.15, 0.2) is 5.76 Å². The topological polar surface area (TPSA) is 92.7 Å². The molecule has 0 radical (unpaired) electrons. The van der Waals surface area contributed by atoms with Crippen LogP contribution in [0.4, 0.5) is 0 Å². The Hall–Kier alpha value is -2.64. The van der Waals surface area contributed by atoms with Crippen molar-refractivity contribution in [3.63, 3.8) is 0 Å². The van der Waals surface area contributed by atoms with E-state index in [-0.39, 0.29) is 18.2 Å². The monoisotopic (exact) mass is 318 g/mol. The Bertz CT molecular complexity index is 679. The quantitative estimate of drug-likeness (QED) is 0.834. The highest BCUT2D eigenvalue weighted by Crippen LogP contribution is 2.11. The first-order valence-corrected chi connectivity index (χ1v) is 7.54. The van der Waals surface area contributed by atoms with Gasteiger partial charge in [0.25, 0.3) is 5.91 Å². The van der Waals surface area contributed by atoms with Crippen molar-refractivity contribution in [2.75, 3.05) is 26.2 Å². The number of carbonyl (C=O) groups excluding carboxylic acids is 2. The Morgan fingerprint density at radius 3 is 2.65 bits per heavy atom. The first-order chi connectivity index (χ1) is 11.1. The van der Waals surface area contributed by atoms with Gasteiger partial charge in [0.05, 0.1) is 12.7 Å². The van der Waals surface area contributed by atoms with E-state index in [1.54, 1.807) is 28.9 Å². The Labute approximate surface area is 133 Å². The summed E-state index contributed by atoms with van der Waals surface area (Å²) in [7, 11) is 0. The molecular weight excluding hydrogens is 300 g/mol. The molecule has 3 rings (SSSR count). The van der Waals surface area contributed by atoms with Crippen molar-refractivity contribution in [1.82, 2.24) is 20.1 Å². The van der Waals surface area contributed by atoms with E-state index in [2.05, 4.69) is 14.9 Å². The molecule has 0 N–H and O–H groups in total. The molecule has 0 spiro atoms. The van der Waals surface area contributed by atoms with Crippen LogP contribution >= 0.6 is 0 Å². The normalized spacial score (nSPS) is 15.5. The number of aryl methyl sites for hydroxylation is 1. The molecule has 0 unspecified atom stereocenters. The van der Waals surface area contributed by atoms with Gasteiger partial charge in [0.1, 0.15) is 11.4 Å². The maximum absolute atomic E-state index is 12.4. The molecule has 8 heteroatoms. The van der Waals surface area contributed by atoms with Crippen molar-refractivity contribution >= 4 is 11.8 Å². The standard InChI is InChI=1S/C15H18N4O4/c1-11-12(17-23-16-11)10-14(20)18-5-3-6-19(8-7-18)15(21)13-4-2-9-22-13/h2,4,9H,3,5-8,10H2,1H3. The van der Waals surface area contributed by atoms with E-state index >= 15 is 0 Å². The maximum atomic E-state index is 12.4. The van der Waals surface area contributed by atoms with Gasteiger partial charge in [-0.1, -0.05) is 10.3 Å². The molecule has 0 atom stereocenters. The van der Waals surface area contributed by atoms with Crippen LogP contribution in [0.5, 0.6) is 0 Å². The smallest absolute Gasteiger partial charge is 0.289 e. The molecule has 0 bridgehead atoms. The highest BCUT2D eigenvalue weighted by atomic mass is 16.6. The summed E-state index contributed by atoms with van der Waals surface area (Å²) in [6, 6.07) is 3.34. The van der Waals surface area contributed by atoms with Crippen LogP contribution in [0.3, 0.4) is 0 Å². The molecule has 8 nitrogen and oxygen atoms in total. The molecule has 3 heterocycles. The lowest BCUT2D eigenvalue weighted by Crippen LogP contribution is -2.38. The predicted octanol–water partition coefficient (Wildman–Crippen LogP) is 0.888. The molecule has 0 aliphatic carbocycles. The zero-order valence-corrected chi connectivity index (χ0v) is 12.9. The van der Waals surface area contributed by atoms with E-state index in [0.717, 1.165) is 6.42 Å². The van der Waals surface area contributed by atoms with Gasteiger partial charge in [-0.3, -0.25) is 9.59 Å². The minimum Gasteiger partial charge on any atom is -0.459 e. The number of aromatic nitrogens is 2. The first-order valence-electron chi connectivity index (χ1n) is 7.54. The van der Waals surface area contributed by atoms with Crippen LogP contribution in [0.15, 0.2) is 27.4 Å². The van der Waals surface area contributed by atoms with Gasteiger partial charge in [-0.15, -0.1) is 0 Å². The van der Waals surface area contributed by atoms with E-state index in [9.17, 15) is 9.59 Å². The Kier molecular flexibility index (Phi) is 4.40. The zero-order valence-electron chi connectivity index (χ0n) is 12.9. The third kappa shape index (κ3) is 3.41. The van der Waals surface area contributed by atoms with Gasteiger partial charge < -0.3 is 14.2 Å². The van der Waals surface area contributed by atoms with Crippen LogP contribution in [-0.2, 0) is 11.2 Å². The Morgan fingerprint density at radius 2 is 1.96 bits per heavy atom. The van der Waals surface area contributed by atoms with Crippen LogP contribution in [0, 0.1) is 6.92 Å². The van der Waals surface area contributed by atoms with Gasteiger partial charge >= 0.3 is 0 Å². The molecule has 0 saturated carbocycles. The first kappa shape index (κ1) is 15.3. The van der Waals surface area contributed by atoms with Crippen molar-refractivity contribution in [2.24, 2.45) is 0 Å². The summed E-state index contributed by atoms with van der Waals surface area (Å²) in [6.45, 7) is 3.96. The number of amides is 2. The minimum atomic E-state index is -0.138. The summed E-state index contributed by atoms with van der Waals surface area (Å²) in [5, 5.41) is 7.42. The van der Waals surface area contributed by atoms with Gasteiger partial charge in [-0.2, -0.15) is 0 Å². The Morgan fingerprint density at radius 1 is 1.17 bits per heavy atom. The highest BCUT2D eigenvalue weighted by molar-refractivity contribution is 5.91. The van der Waals surface area contributed by atoms with Crippen LogP contribution in [0.25, 0.3) is 0 Å². The third-order valence-corrected chi connectivity index (χ3v) is 3.93. The van der Waals surface area contributed by atoms with Crippen molar-refractivity contribution in [3.8, 4) is 0 Å². The third-order valence-electron chi connectivity index (χ3n) is 3.93. The lowest BCUT2D eigenvalue weighted by molar-refractivity contribution is -0.130. The van der Waals surface area contributed by atoms with Crippen LogP contribution in [-0.4, -0.2) is 58.1 Å². The van der Waals surface area contributed by atoms with E-state index in [1.807, 2.05) is 0 Å². The molecule has 122 valence electrons. The number of carbonyl (C=O) groups is 2. The lowest BCUT2D eigenvalue weighted by atomic mass is 10.2. The van der Waals surface area contributed by atoms with E-state index in [0.29, 0.717) is 43.3 Å². The second-order valence-electron chi connectivity index (χ2n) is 5.48. The summed E-state index contributed by atoms with van der Waals surface area (Å²) >= 11 is 0. The summed E-state index contributed by atoms with van der Waals surface area (Å²) in [4.78, 5) is 28.1. The fourth-order valence-corrected chi connectivity index (χ4v) is 2.59. The molecule has 1 fully saturated rings. The van der Waals surface area contributed by atoms with Crippen LogP contribution < -0.4 is 0 Å². The number of furan rings is 1. The molecule has 2 aromatic heterocycles. The van der Waals surface area contributed by atoms with E-state index in [1.165, 1.54) is 6.26 Å². The maximum Gasteiger partial charge on any atom is 0.289 e.